The third-order valence-electron chi connectivity index (χ3n) is 3.72. The Balaban J connectivity index is 3.25. The molecular formula is C13H18O8. The number of esters is 4. The molecule has 0 bridgehead atoms. The Labute approximate surface area is 121 Å². The molecule has 8 heteroatoms. The molecule has 1 fully saturated rings. The summed E-state index contributed by atoms with van der Waals surface area (Å²) in [4.78, 5) is 47.5. The second-order valence-electron chi connectivity index (χ2n) is 4.59. The van der Waals surface area contributed by atoms with E-state index in [-0.39, 0.29) is 6.42 Å². The first-order valence-corrected chi connectivity index (χ1v) is 6.24. The lowest BCUT2D eigenvalue weighted by molar-refractivity contribution is -0.164. The molecule has 21 heavy (non-hydrogen) atoms. The maximum atomic E-state index is 11.9. The van der Waals surface area contributed by atoms with Gasteiger partial charge < -0.3 is 18.9 Å². The first kappa shape index (κ1) is 16.9. The normalized spacial score (nSPS) is 27.6. The summed E-state index contributed by atoms with van der Waals surface area (Å²) in [6.07, 6.45) is -0.0428. The smallest absolute Gasteiger partial charge is 0.310 e. The molecule has 0 saturated heterocycles. The van der Waals surface area contributed by atoms with Crippen LogP contribution < -0.4 is 0 Å². The number of rotatable bonds is 4. The van der Waals surface area contributed by atoms with Gasteiger partial charge in [0, 0.05) is 0 Å². The van der Waals surface area contributed by atoms with Crippen molar-refractivity contribution in [2.45, 2.75) is 6.42 Å². The van der Waals surface area contributed by atoms with Gasteiger partial charge in [-0.05, 0) is 6.42 Å². The minimum Gasteiger partial charge on any atom is -0.469 e. The van der Waals surface area contributed by atoms with Crippen LogP contribution in [0.1, 0.15) is 6.42 Å². The van der Waals surface area contributed by atoms with E-state index < -0.39 is 47.5 Å². The van der Waals surface area contributed by atoms with E-state index >= 15 is 0 Å². The molecular weight excluding hydrogens is 284 g/mol. The fourth-order valence-corrected chi connectivity index (χ4v) is 2.75. The second kappa shape index (κ2) is 7.05. The standard InChI is InChI=1S/C13H18O8/c1-18-10(14)6-5-7(11(15)19-2)9(13(17)21-4)8(6)12(16)20-3/h6-9H,5H2,1-4H3/t6-,7+,8+,9-. The van der Waals surface area contributed by atoms with Crippen molar-refractivity contribution in [3.05, 3.63) is 0 Å². The minimum absolute atomic E-state index is 0.0428. The van der Waals surface area contributed by atoms with Gasteiger partial charge in [0.05, 0.1) is 52.1 Å². The van der Waals surface area contributed by atoms with E-state index in [1.54, 1.807) is 0 Å². The Morgan fingerprint density at radius 1 is 0.619 bits per heavy atom. The molecule has 0 unspecified atom stereocenters. The van der Waals surface area contributed by atoms with Crippen LogP contribution in [0.5, 0.6) is 0 Å². The van der Waals surface area contributed by atoms with Crippen LogP contribution in [0.15, 0.2) is 0 Å². The van der Waals surface area contributed by atoms with Crippen LogP contribution in [0.4, 0.5) is 0 Å². The molecule has 0 heterocycles. The summed E-state index contributed by atoms with van der Waals surface area (Å²) in [5.41, 5.74) is 0. The molecule has 0 aromatic rings. The molecule has 118 valence electrons. The summed E-state index contributed by atoms with van der Waals surface area (Å²) in [5, 5.41) is 0. The lowest BCUT2D eigenvalue weighted by Gasteiger charge is -2.21. The van der Waals surface area contributed by atoms with E-state index in [1.165, 1.54) is 0 Å². The van der Waals surface area contributed by atoms with Crippen LogP contribution in [-0.4, -0.2) is 52.3 Å². The Morgan fingerprint density at radius 3 is 1.14 bits per heavy atom. The summed E-state index contributed by atoms with van der Waals surface area (Å²) in [7, 11) is 4.59. The Kier molecular flexibility index (Phi) is 5.69. The van der Waals surface area contributed by atoms with Crippen molar-refractivity contribution in [1.29, 1.82) is 0 Å². The molecule has 0 N–H and O–H groups in total. The van der Waals surface area contributed by atoms with E-state index in [0.717, 1.165) is 28.4 Å². The van der Waals surface area contributed by atoms with Crippen molar-refractivity contribution in [3.63, 3.8) is 0 Å². The summed E-state index contributed by atoms with van der Waals surface area (Å²) >= 11 is 0. The van der Waals surface area contributed by atoms with Crippen LogP contribution in [-0.2, 0) is 38.1 Å². The molecule has 1 rings (SSSR count). The topological polar surface area (TPSA) is 105 Å². The number of carbonyl (C=O) groups is 4. The van der Waals surface area contributed by atoms with Gasteiger partial charge in [-0.1, -0.05) is 0 Å². The number of carbonyl (C=O) groups excluding carboxylic acids is 4. The average molecular weight is 302 g/mol. The van der Waals surface area contributed by atoms with Crippen LogP contribution in [0.3, 0.4) is 0 Å². The van der Waals surface area contributed by atoms with Gasteiger partial charge in [0.25, 0.3) is 0 Å². The molecule has 0 radical (unpaired) electrons. The monoisotopic (exact) mass is 302 g/mol. The Bertz CT molecular complexity index is 403. The number of hydrogen-bond acceptors (Lipinski definition) is 8. The maximum absolute atomic E-state index is 11.9. The van der Waals surface area contributed by atoms with Crippen LogP contribution in [0, 0.1) is 23.7 Å². The first-order chi connectivity index (χ1) is 9.92. The molecule has 0 aliphatic heterocycles. The van der Waals surface area contributed by atoms with Gasteiger partial charge in [-0.25, -0.2) is 0 Å². The molecule has 1 aliphatic carbocycles. The first-order valence-electron chi connectivity index (χ1n) is 6.24. The molecule has 1 aliphatic rings. The zero-order valence-corrected chi connectivity index (χ0v) is 12.3. The van der Waals surface area contributed by atoms with Crippen LogP contribution >= 0.6 is 0 Å². The predicted molar refractivity (Wildman–Crippen MR) is 66.6 cm³/mol. The highest BCUT2D eigenvalue weighted by Crippen LogP contribution is 2.44. The molecule has 0 aromatic heterocycles. The highest BCUT2D eigenvalue weighted by molar-refractivity contribution is 5.92. The van der Waals surface area contributed by atoms with Gasteiger partial charge in [0.1, 0.15) is 0 Å². The van der Waals surface area contributed by atoms with Gasteiger partial charge in [0.15, 0.2) is 0 Å². The fourth-order valence-electron chi connectivity index (χ4n) is 2.75. The van der Waals surface area contributed by atoms with Gasteiger partial charge in [0.2, 0.25) is 0 Å². The molecule has 4 atom stereocenters. The summed E-state index contributed by atoms with van der Waals surface area (Å²) in [6.45, 7) is 0. The van der Waals surface area contributed by atoms with Crippen molar-refractivity contribution in [2.75, 3.05) is 28.4 Å². The van der Waals surface area contributed by atoms with Crippen LogP contribution in [0.25, 0.3) is 0 Å². The third kappa shape index (κ3) is 3.14. The van der Waals surface area contributed by atoms with Crippen molar-refractivity contribution >= 4 is 23.9 Å². The zero-order valence-electron chi connectivity index (χ0n) is 12.3. The number of ether oxygens (including phenoxy) is 4. The molecule has 8 nitrogen and oxygen atoms in total. The lowest BCUT2D eigenvalue weighted by atomic mass is 9.86. The average Bonchev–Trinajstić information content (AvgIpc) is 2.91. The molecule has 1 saturated carbocycles. The molecule has 0 spiro atoms. The quantitative estimate of drug-likeness (QED) is 0.508. The van der Waals surface area contributed by atoms with E-state index in [0.29, 0.717) is 0 Å². The molecule has 0 aromatic carbocycles. The van der Waals surface area contributed by atoms with Crippen LogP contribution in [0.2, 0.25) is 0 Å². The number of hydrogen-bond donors (Lipinski definition) is 0. The summed E-state index contributed by atoms with van der Waals surface area (Å²) < 4.78 is 18.5. The van der Waals surface area contributed by atoms with E-state index in [2.05, 4.69) is 18.9 Å². The zero-order chi connectivity index (χ0) is 16.2. The highest BCUT2D eigenvalue weighted by Gasteiger charge is 2.57. The van der Waals surface area contributed by atoms with Gasteiger partial charge >= 0.3 is 23.9 Å². The van der Waals surface area contributed by atoms with E-state index in [1.807, 2.05) is 0 Å². The summed E-state index contributed by atoms with van der Waals surface area (Å²) in [5.74, 6) is -7.12. The maximum Gasteiger partial charge on any atom is 0.310 e. The van der Waals surface area contributed by atoms with Gasteiger partial charge in [-0.3, -0.25) is 19.2 Å². The van der Waals surface area contributed by atoms with Gasteiger partial charge in [-0.15, -0.1) is 0 Å². The third-order valence-corrected chi connectivity index (χ3v) is 3.72. The molecule has 0 amide bonds. The largest absolute Gasteiger partial charge is 0.469 e. The van der Waals surface area contributed by atoms with E-state index in [9.17, 15) is 19.2 Å². The van der Waals surface area contributed by atoms with Crippen molar-refractivity contribution in [2.24, 2.45) is 23.7 Å². The Morgan fingerprint density at radius 2 is 0.905 bits per heavy atom. The van der Waals surface area contributed by atoms with Crippen molar-refractivity contribution in [1.82, 2.24) is 0 Å². The lowest BCUT2D eigenvalue weighted by Crippen LogP contribution is -2.37. The number of methoxy groups -OCH3 is 4. The fraction of sp³-hybridized carbons (Fsp3) is 0.692. The van der Waals surface area contributed by atoms with Crippen molar-refractivity contribution in [3.8, 4) is 0 Å². The Hall–Kier alpha value is -2.12. The minimum atomic E-state index is -1.14. The van der Waals surface area contributed by atoms with Crippen molar-refractivity contribution < 1.29 is 38.1 Å². The predicted octanol–water partition coefficient (Wildman–Crippen LogP) is -0.453. The highest BCUT2D eigenvalue weighted by atomic mass is 16.5. The second-order valence-corrected chi connectivity index (χ2v) is 4.59. The summed E-state index contributed by atoms with van der Waals surface area (Å²) in [6, 6.07) is 0. The SMILES string of the molecule is COC(=O)[C@@H]1[C@H](C(=O)OC)[C@@H](C(=O)OC)C[C@H]1C(=O)OC. The van der Waals surface area contributed by atoms with Gasteiger partial charge in [-0.2, -0.15) is 0 Å². The van der Waals surface area contributed by atoms with E-state index in [4.69, 9.17) is 0 Å².